The average molecular weight is 389 g/mol. The first kappa shape index (κ1) is 17.9. The third kappa shape index (κ3) is 3.00. The predicted molar refractivity (Wildman–Crippen MR) is 110 cm³/mol. The molecule has 2 aliphatic rings. The lowest BCUT2D eigenvalue weighted by Gasteiger charge is -2.34. The molecular weight excluding hydrogens is 366 g/mol. The van der Waals surface area contributed by atoms with E-state index in [9.17, 15) is 4.79 Å². The van der Waals surface area contributed by atoms with Gasteiger partial charge in [-0.3, -0.25) is 9.78 Å². The van der Waals surface area contributed by atoms with Crippen molar-refractivity contribution >= 4 is 11.6 Å². The third-order valence-corrected chi connectivity index (χ3v) is 6.14. The number of H-pyrrole nitrogens is 1. The largest absolute Gasteiger partial charge is 0.495 e. The second-order valence-electron chi connectivity index (χ2n) is 7.73. The molecule has 0 unspecified atom stereocenters. The van der Waals surface area contributed by atoms with Crippen LogP contribution in [0, 0.1) is 0 Å². The predicted octanol–water partition coefficient (Wildman–Crippen LogP) is 3.79. The highest BCUT2D eigenvalue weighted by molar-refractivity contribution is 6.07. The second kappa shape index (κ2) is 7.04. The van der Waals surface area contributed by atoms with Gasteiger partial charge in [-0.15, -0.1) is 0 Å². The maximum Gasteiger partial charge on any atom is 0.259 e. The molecule has 2 aromatic heterocycles. The Kier molecular flexibility index (Phi) is 4.36. The molecule has 2 aliphatic heterocycles. The normalized spacial score (nSPS) is 17.3. The first-order valence-electron chi connectivity index (χ1n) is 9.87. The summed E-state index contributed by atoms with van der Waals surface area (Å²) < 4.78 is 11.0. The molecule has 0 saturated carbocycles. The summed E-state index contributed by atoms with van der Waals surface area (Å²) in [6.07, 6.45) is 8.92. The van der Waals surface area contributed by atoms with Crippen molar-refractivity contribution in [1.29, 1.82) is 0 Å². The van der Waals surface area contributed by atoms with Crippen LogP contribution in [0.25, 0.3) is 11.1 Å². The van der Waals surface area contributed by atoms with Crippen LogP contribution in [0.2, 0.25) is 0 Å². The number of pyridine rings is 1. The number of benzene rings is 1. The lowest BCUT2D eigenvalue weighted by Crippen LogP contribution is -2.40. The minimum Gasteiger partial charge on any atom is -0.495 e. The van der Waals surface area contributed by atoms with E-state index in [0.29, 0.717) is 12.1 Å². The highest BCUT2D eigenvalue weighted by atomic mass is 16.5. The molecule has 148 valence electrons. The number of carbonyl (C=O) groups excluding carboxylic acids is 1. The van der Waals surface area contributed by atoms with Crippen LogP contribution in [0.15, 0.2) is 55.1 Å². The lowest BCUT2D eigenvalue weighted by molar-refractivity contribution is 0.0547. The highest BCUT2D eigenvalue weighted by Crippen LogP contribution is 2.48. The Morgan fingerprint density at radius 1 is 1.17 bits per heavy atom. The van der Waals surface area contributed by atoms with E-state index in [1.54, 1.807) is 25.7 Å². The summed E-state index contributed by atoms with van der Waals surface area (Å²) in [6.45, 7) is 2.13. The Morgan fingerprint density at radius 2 is 2.03 bits per heavy atom. The number of ether oxygens (including phenoxy) is 2. The van der Waals surface area contributed by atoms with Crippen LogP contribution in [0.3, 0.4) is 0 Å². The summed E-state index contributed by atoms with van der Waals surface area (Å²) in [4.78, 5) is 22.4. The number of rotatable bonds is 3. The maximum absolute atomic E-state index is 13.2. The van der Waals surface area contributed by atoms with E-state index in [2.05, 4.69) is 28.2 Å². The molecule has 1 N–H and O–H groups in total. The smallest absolute Gasteiger partial charge is 0.259 e. The van der Waals surface area contributed by atoms with Gasteiger partial charge in [-0.2, -0.15) is 0 Å². The van der Waals surface area contributed by atoms with E-state index < -0.39 is 0 Å². The van der Waals surface area contributed by atoms with Crippen LogP contribution in [0.1, 0.15) is 28.8 Å². The topological polar surface area (TPSA) is 67.5 Å². The third-order valence-electron chi connectivity index (χ3n) is 6.14. The van der Waals surface area contributed by atoms with E-state index in [1.165, 1.54) is 5.56 Å². The molecule has 4 heterocycles. The number of amides is 1. The number of anilines is 1. The van der Waals surface area contributed by atoms with Crippen molar-refractivity contribution in [2.45, 2.75) is 18.3 Å². The van der Waals surface area contributed by atoms with Gasteiger partial charge < -0.3 is 19.4 Å². The van der Waals surface area contributed by atoms with Crippen molar-refractivity contribution in [2.24, 2.45) is 0 Å². The summed E-state index contributed by atoms with van der Waals surface area (Å²) >= 11 is 0. The zero-order valence-electron chi connectivity index (χ0n) is 16.4. The number of hydrogen-bond acceptors (Lipinski definition) is 4. The zero-order chi connectivity index (χ0) is 19.8. The molecule has 5 rings (SSSR count). The van der Waals surface area contributed by atoms with Gasteiger partial charge in [0.05, 0.1) is 18.9 Å². The fraction of sp³-hybridized carbons (Fsp3) is 0.304. The number of aromatic nitrogens is 2. The molecule has 1 aromatic carbocycles. The van der Waals surface area contributed by atoms with E-state index in [-0.39, 0.29) is 11.3 Å². The van der Waals surface area contributed by atoms with Crippen LogP contribution in [0.4, 0.5) is 5.69 Å². The van der Waals surface area contributed by atoms with Gasteiger partial charge >= 0.3 is 0 Å². The van der Waals surface area contributed by atoms with Gasteiger partial charge in [0, 0.05) is 55.0 Å². The van der Waals surface area contributed by atoms with Gasteiger partial charge in [0.2, 0.25) is 0 Å². The Morgan fingerprint density at radius 3 is 2.79 bits per heavy atom. The van der Waals surface area contributed by atoms with Crippen molar-refractivity contribution < 1.29 is 14.3 Å². The Labute approximate surface area is 169 Å². The molecule has 0 aliphatic carbocycles. The molecule has 0 radical (unpaired) electrons. The van der Waals surface area contributed by atoms with Gasteiger partial charge in [-0.25, -0.2) is 0 Å². The van der Waals surface area contributed by atoms with E-state index in [1.807, 2.05) is 23.2 Å². The van der Waals surface area contributed by atoms with E-state index >= 15 is 0 Å². The van der Waals surface area contributed by atoms with Crippen molar-refractivity contribution in [2.75, 3.05) is 31.8 Å². The number of aromatic amines is 1. The van der Waals surface area contributed by atoms with Crippen LogP contribution in [-0.2, 0) is 10.2 Å². The number of nitrogens with one attached hydrogen (secondary N) is 1. The molecule has 29 heavy (non-hydrogen) atoms. The monoisotopic (exact) mass is 389 g/mol. The summed E-state index contributed by atoms with van der Waals surface area (Å²) in [5.41, 5.74) is 4.92. The molecule has 1 fully saturated rings. The molecule has 6 heteroatoms. The van der Waals surface area contributed by atoms with Crippen LogP contribution in [0.5, 0.6) is 5.75 Å². The van der Waals surface area contributed by atoms with Crippen molar-refractivity contribution in [3.8, 4) is 16.9 Å². The number of nitrogens with zero attached hydrogens (tertiary/aromatic N) is 2. The van der Waals surface area contributed by atoms with Crippen LogP contribution in [-0.4, -0.2) is 42.7 Å². The Balaban J connectivity index is 1.60. The van der Waals surface area contributed by atoms with Gasteiger partial charge in [-0.1, -0.05) is 6.07 Å². The van der Waals surface area contributed by atoms with Crippen molar-refractivity contribution in [3.63, 3.8) is 0 Å². The second-order valence-corrected chi connectivity index (χ2v) is 7.73. The first-order chi connectivity index (χ1) is 14.2. The van der Waals surface area contributed by atoms with Gasteiger partial charge in [-0.05, 0) is 48.2 Å². The molecule has 1 spiro atoms. The number of methoxy groups -OCH3 is 1. The lowest BCUT2D eigenvalue weighted by atomic mass is 9.75. The molecule has 3 aromatic rings. The van der Waals surface area contributed by atoms with Gasteiger partial charge in [0.15, 0.2) is 0 Å². The summed E-state index contributed by atoms with van der Waals surface area (Å²) in [7, 11) is 1.64. The SMILES string of the molecule is COc1cncc(-c2ccc3c(c2)C2(CCOCC2)CN3C(=O)c2cc[nH]c2)c1. The minimum absolute atomic E-state index is 0.0339. The molecule has 1 saturated heterocycles. The summed E-state index contributed by atoms with van der Waals surface area (Å²) in [5, 5.41) is 0. The van der Waals surface area contributed by atoms with Crippen LogP contribution >= 0.6 is 0 Å². The number of carbonyl (C=O) groups is 1. The molecule has 0 atom stereocenters. The summed E-state index contributed by atoms with van der Waals surface area (Å²) in [6, 6.07) is 10.2. The minimum atomic E-state index is -0.0676. The number of hydrogen-bond donors (Lipinski definition) is 1. The first-order valence-corrected chi connectivity index (χ1v) is 9.87. The number of fused-ring (bicyclic) bond motifs is 2. The van der Waals surface area contributed by atoms with Crippen molar-refractivity contribution in [1.82, 2.24) is 9.97 Å². The quantitative estimate of drug-likeness (QED) is 0.740. The average Bonchev–Trinajstić information content (AvgIpc) is 3.41. The zero-order valence-corrected chi connectivity index (χ0v) is 16.4. The fourth-order valence-corrected chi connectivity index (χ4v) is 4.52. The molecule has 0 bridgehead atoms. The van der Waals surface area contributed by atoms with Gasteiger partial charge in [0.1, 0.15) is 5.75 Å². The molecular formula is C23H23N3O3. The standard InChI is InChI=1S/C23H23N3O3/c1-28-19-10-18(13-25-14-19)16-2-3-21-20(11-16)23(5-8-29-9-6-23)15-26(21)22(27)17-4-7-24-12-17/h2-4,7,10-14,24H,5-6,8-9,15H2,1H3. The fourth-order valence-electron chi connectivity index (χ4n) is 4.52. The van der Waals surface area contributed by atoms with E-state index in [4.69, 9.17) is 9.47 Å². The Hall–Kier alpha value is -3.12. The molecule has 6 nitrogen and oxygen atoms in total. The summed E-state index contributed by atoms with van der Waals surface area (Å²) in [5.74, 6) is 0.764. The van der Waals surface area contributed by atoms with E-state index in [0.717, 1.165) is 48.6 Å². The van der Waals surface area contributed by atoms with Gasteiger partial charge in [0.25, 0.3) is 5.91 Å². The highest BCUT2D eigenvalue weighted by Gasteiger charge is 2.45. The van der Waals surface area contributed by atoms with Crippen molar-refractivity contribution in [3.05, 3.63) is 66.2 Å². The Bertz CT molecular complexity index is 1040. The molecule has 1 amide bonds. The van der Waals surface area contributed by atoms with Crippen LogP contribution < -0.4 is 9.64 Å². The maximum atomic E-state index is 13.2.